The van der Waals surface area contributed by atoms with Crippen molar-refractivity contribution < 1.29 is 111 Å². The van der Waals surface area contributed by atoms with Gasteiger partial charge in [0, 0.05) is 17.7 Å². The van der Waals surface area contributed by atoms with Crippen LogP contribution in [0.2, 0.25) is 0 Å². The van der Waals surface area contributed by atoms with E-state index in [1.807, 2.05) is 121 Å². The summed E-state index contributed by atoms with van der Waals surface area (Å²) in [6, 6.07) is 43.2. The van der Waals surface area contributed by atoms with Crippen molar-refractivity contribution in [3.8, 4) is 0 Å². The van der Waals surface area contributed by atoms with Gasteiger partial charge in [-0.25, -0.2) is 14.8 Å². The zero-order chi connectivity index (χ0) is 60.9. The molecule has 440 valence electrons. The van der Waals surface area contributed by atoms with Crippen LogP contribution in [0.3, 0.4) is 0 Å². The number of esters is 6. The SMILES string of the molecule is C=C[C@H](c1ccccc1)C(C(=O)OC)C(=O)OC.COC(=O)C(C/C=C/c1ccccc1)C(=O)OC.COC(=O)OC/C=C/c1ccccc1.COC(=O)[CH-]C(=O)OC.O=C(c1ccccc1)N1C2CCCCC2N1C(=O)c1ccccn1.[Na+]. The van der Waals surface area contributed by atoms with Crippen LogP contribution in [-0.4, -0.2) is 137 Å². The number of hydrogen-bond donors (Lipinski definition) is 0. The molecule has 2 fully saturated rings. The number of amides is 2. The number of methoxy groups -OCH3 is 7. The first kappa shape index (κ1) is 71.3. The maximum absolute atomic E-state index is 12.9. The molecule has 7 rings (SSSR count). The fraction of sp³-hybridized carbons (Fsp3) is 0.286. The number of ether oxygens (including phenoxy) is 8. The number of benzene rings is 4. The molecule has 2 aliphatic rings. The topological polar surface area (TPSA) is 247 Å². The molecule has 0 spiro atoms. The molecule has 0 N–H and O–H groups in total. The van der Waals surface area contributed by atoms with Gasteiger partial charge in [0.15, 0.2) is 23.8 Å². The minimum atomic E-state index is -1.03. The van der Waals surface area contributed by atoms with Crippen LogP contribution in [0.15, 0.2) is 171 Å². The second kappa shape index (κ2) is 40.4. The molecule has 1 aromatic heterocycles. The molecule has 0 radical (unpaired) electrons. The predicted molar refractivity (Wildman–Crippen MR) is 306 cm³/mol. The van der Waals surface area contributed by atoms with Crippen molar-refractivity contribution in [1.82, 2.24) is 15.0 Å². The summed E-state index contributed by atoms with van der Waals surface area (Å²) in [6.45, 7) is 3.90. The standard InChI is InChI=1S/C19H19N3O2.2C14H16O4.C11H12O3.C5H7O4.Na/c23-18(14-8-2-1-3-9-14)21-16-11-4-5-12-17(16)22(21)19(24)15-10-6-7-13-20-15;1-17-13(15)12(14(16)18-2)10-6-9-11-7-4-3-5-8-11;1-4-11(10-8-6-5-7-9-10)12(13(15)17-2)14(16)18-3;1-13-11(12)14-9-5-8-10-6-3-2-4-7-10;1-8-4(6)3-5(7)9-2;/h1-3,6-10,13,16-17H,4-5,11-12H2;3-9,12H,10H2,1-2H3;4-9,11-12H,1H2,2-3H3;2-8H,9H2,1H3;3H,1-2H3;/q;;;;-1;+1/b;9-6+;;8-5+;;/t;;11-;;;/m..1.../s1. The zero-order valence-electron chi connectivity index (χ0n) is 48.4. The summed E-state index contributed by atoms with van der Waals surface area (Å²) in [4.78, 5) is 107. The molecule has 1 saturated heterocycles. The van der Waals surface area contributed by atoms with E-state index in [1.54, 1.807) is 64.8 Å². The Labute approximate surface area is 511 Å². The summed E-state index contributed by atoms with van der Waals surface area (Å²) in [6.07, 6.45) is 14.8. The summed E-state index contributed by atoms with van der Waals surface area (Å²) < 4.78 is 35.7. The first-order valence-corrected chi connectivity index (χ1v) is 25.9. The van der Waals surface area contributed by atoms with Gasteiger partial charge in [0.2, 0.25) is 0 Å². The van der Waals surface area contributed by atoms with Gasteiger partial charge in [-0.05, 0) is 66.3 Å². The third kappa shape index (κ3) is 23.6. The normalized spacial score (nSPS) is 13.7. The van der Waals surface area contributed by atoms with Crippen LogP contribution in [-0.2, 0) is 66.7 Å². The first-order chi connectivity index (χ1) is 40.1. The molecule has 21 heteroatoms. The number of carbonyl (C=O) groups is 9. The van der Waals surface area contributed by atoms with Crippen molar-refractivity contribution in [2.45, 2.75) is 50.1 Å². The van der Waals surface area contributed by atoms with Crippen molar-refractivity contribution in [2.24, 2.45) is 11.8 Å². The molecular formula is C63H70N3NaO17. The summed E-state index contributed by atoms with van der Waals surface area (Å²) in [7, 11) is 8.62. The van der Waals surface area contributed by atoms with E-state index in [-0.39, 0.29) is 66.5 Å². The van der Waals surface area contributed by atoms with Crippen molar-refractivity contribution in [2.75, 3.05) is 56.4 Å². The van der Waals surface area contributed by atoms with Crippen molar-refractivity contribution in [1.29, 1.82) is 0 Å². The van der Waals surface area contributed by atoms with E-state index in [0.717, 1.165) is 48.8 Å². The van der Waals surface area contributed by atoms with E-state index in [0.29, 0.717) is 11.3 Å². The Morgan fingerprint density at radius 1 is 0.548 bits per heavy atom. The number of hydrogen-bond acceptors (Lipinski definition) is 18. The Morgan fingerprint density at radius 3 is 1.42 bits per heavy atom. The molecule has 0 bridgehead atoms. The number of hydrazine groups is 1. The maximum atomic E-state index is 12.9. The third-order valence-electron chi connectivity index (χ3n) is 12.2. The van der Waals surface area contributed by atoms with Crippen molar-refractivity contribution >= 4 is 65.9 Å². The maximum Gasteiger partial charge on any atom is 1.00 e. The number of fused-ring (bicyclic) bond motifs is 1. The van der Waals surface area contributed by atoms with E-state index >= 15 is 0 Å². The quantitative estimate of drug-likeness (QED) is 0.0263. The molecule has 84 heavy (non-hydrogen) atoms. The molecule has 1 saturated carbocycles. The van der Waals surface area contributed by atoms with Crippen molar-refractivity contribution in [3.63, 3.8) is 0 Å². The summed E-state index contributed by atoms with van der Waals surface area (Å²) in [5.74, 6) is -6.54. The molecule has 20 nitrogen and oxygen atoms in total. The molecule has 5 aromatic rings. The second-order valence-electron chi connectivity index (χ2n) is 17.4. The Balaban J connectivity index is 0.000000369. The number of nitrogens with zero attached hydrogens (tertiary/aromatic N) is 3. The Morgan fingerprint density at radius 2 is 0.988 bits per heavy atom. The van der Waals surface area contributed by atoms with E-state index in [9.17, 15) is 43.2 Å². The van der Waals surface area contributed by atoms with Gasteiger partial charge < -0.3 is 37.9 Å². The van der Waals surface area contributed by atoms with Gasteiger partial charge in [-0.1, -0.05) is 152 Å². The van der Waals surface area contributed by atoms with E-state index in [1.165, 1.54) is 49.8 Å². The van der Waals surface area contributed by atoms with Gasteiger partial charge in [-0.2, -0.15) is 6.42 Å². The van der Waals surface area contributed by atoms with Gasteiger partial charge in [0.05, 0.1) is 61.9 Å². The number of allylic oxidation sites excluding steroid dienone is 2. The molecule has 1 aliphatic carbocycles. The molecule has 4 aromatic carbocycles. The molecule has 3 atom stereocenters. The Hall–Kier alpha value is -8.85. The molecular weight excluding hydrogens is 1090 g/mol. The van der Waals surface area contributed by atoms with Gasteiger partial charge in [0.1, 0.15) is 12.3 Å². The van der Waals surface area contributed by atoms with Crippen LogP contribution in [0.4, 0.5) is 4.79 Å². The largest absolute Gasteiger partial charge is 1.00 e. The molecule has 1 aliphatic heterocycles. The smallest absolute Gasteiger partial charge is 0.491 e. The number of aromatic nitrogens is 1. The predicted octanol–water partition coefficient (Wildman–Crippen LogP) is 5.90. The van der Waals surface area contributed by atoms with E-state index in [4.69, 9.17) is 0 Å². The van der Waals surface area contributed by atoms with E-state index in [2.05, 4.69) is 49.5 Å². The van der Waals surface area contributed by atoms with Crippen LogP contribution < -0.4 is 29.6 Å². The van der Waals surface area contributed by atoms with Gasteiger partial charge in [-0.3, -0.25) is 43.3 Å². The second-order valence-corrected chi connectivity index (χ2v) is 17.4. The van der Waals surface area contributed by atoms with Crippen LogP contribution in [0.5, 0.6) is 0 Å². The van der Waals surface area contributed by atoms with Gasteiger partial charge in [-0.15, -0.1) is 6.58 Å². The number of carbonyl (C=O) groups excluding carboxylic acids is 9. The average Bonchev–Trinajstić information content (AvgIpc) is 0.958. The minimum Gasteiger partial charge on any atom is -0.491 e. The molecule has 2 heterocycles. The van der Waals surface area contributed by atoms with Crippen molar-refractivity contribution in [3.05, 3.63) is 205 Å². The van der Waals surface area contributed by atoms with Crippen LogP contribution >= 0.6 is 0 Å². The molecule has 2 unspecified atom stereocenters. The fourth-order valence-corrected chi connectivity index (χ4v) is 8.13. The van der Waals surface area contributed by atoms with Gasteiger partial charge in [0.25, 0.3) is 11.8 Å². The minimum absolute atomic E-state index is 0. The zero-order valence-corrected chi connectivity index (χ0v) is 50.4. The third-order valence-corrected chi connectivity index (χ3v) is 12.2. The monoisotopic (exact) mass is 1160 g/mol. The number of rotatable bonds is 17. The summed E-state index contributed by atoms with van der Waals surface area (Å²) in [5.41, 5.74) is 3.88. The van der Waals surface area contributed by atoms with E-state index < -0.39 is 59.7 Å². The first-order valence-electron chi connectivity index (χ1n) is 25.9. The fourth-order valence-electron chi connectivity index (χ4n) is 8.13. The summed E-state index contributed by atoms with van der Waals surface area (Å²) >= 11 is 0. The Kier molecular flexibility index (Phi) is 34.2. The number of pyridine rings is 1. The Bertz CT molecular complexity index is 2780. The summed E-state index contributed by atoms with van der Waals surface area (Å²) in [5, 5.41) is 3.28. The van der Waals surface area contributed by atoms with Crippen LogP contribution in [0.1, 0.15) is 75.6 Å². The molecule has 2 amide bonds. The van der Waals surface area contributed by atoms with Crippen LogP contribution in [0, 0.1) is 18.3 Å². The van der Waals surface area contributed by atoms with Gasteiger partial charge >= 0.3 is 59.6 Å². The average molecular weight is 1160 g/mol. The van der Waals surface area contributed by atoms with Crippen LogP contribution in [0.25, 0.3) is 12.2 Å².